The third-order valence-corrected chi connectivity index (χ3v) is 2.63. The van der Waals surface area contributed by atoms with Crippen molar-refractivity contribution in [2.24, 2.45) is 0 Å². The molecule has 1 aromatic heterocycles. The van der Waals surface area contributed by atoms with Gasteiger partial charge in [0.15, 0.2) is 0 Å². The summed E-state index contributed by atoms with van der Waals surface area (Å²) in [6.45, 7) is 3.02. The van der Waals surface area contributed by atoms with E-state index in [9.17, 15) is 0 Å². The van der Waals surface area contributed by atoms with Crippen molar-refractivity contribution in [3.8, 4) is 0 Å². The van der Waals surface area contributed by atoms with E-state index in [0.717, 1.165) is 29.8 Å². The molecule has 0 saturated carbocycles. The van der Waals surface area contributed by atoms with Gasteiger partial charge < -0.3 is 10.6 Å². The van der Waals surface area contributed by atoms with Crippen LogP contribution in [0.5, 0.6) is 0 Å². The number of hydrogen-bond donors (Lipinski definition) is 2. The Labute approximate surface area is 86.1 Å². The molecular formula is C9H12BrN3. The zero-order valence-corrected chi connectivity index (χ0v) is 8.84. The van der Waals surface area contributed by atoms with Crippen molar-refractivity contribution in [2.45, 2.75) is 6.04 Å². The molecule has 2 heterocycles. The van der Waals surface area contributed by atoms with Crippen LogP contribution in [0.4, 0.5) is 0 Å². The number of rotatable bonds is 1. The third kappa shape index (κ3) is 2.27. The van der Waals surface area contributed by atoms with Crippen LogP contribution >= 0.6 is 15.9 Å². The lowest BCUT2D eigenvalue weighted by molar-refractivity contribution is 0.423. The van der Waals surface area contributed by atoms with Gasteiger partial charge >= 0.3 is 0 Å². The summed E-state index contributed by atoms with van der Waals surface area (Å²) in [5, 5.41) is 6.75. The lowest BCUT2D eigenvalue weighted by atomic mass is 10.1. The number of hydrogen-bond acceptors (Lipinski definition) is 3. The van der Waals surface area contributed by atoms with Crippen LogP contribution in [-0.2, 0) is 0 Å². The van der Waals surface area contributed by atoms with Gasteiger partial charge in [-0.05, 0) is 12.1 Å². The van der Waals surface area contributed by atoms with Crippen molar-refractivity contribution < 1.29 is 0 Å². The van der Waals surface area contributed by atoms with Crippen LogP contribution in [0.2, 0.25) is 0 Å². The number of nitrogens with zero attached hydrogens (tertiary/aromatic N) is 1. The lowest BCUT2D eigenvalue weighted by Crippen LogP contribution is -2.42. The highest BCUT2D eigenvalue weighted by Crippen LogP contribution is 2.15. The van der Waals surface area contributed by atoms with Crippen LogP contribution < -0.4 is 10.6 Å². The minimum Gasteiger partial charge on any atom is -0.314 e. The highest BCUT2D eigenvalue weighted by atomic mass is 79.9. The summed E-state index contributed by atoms with van der Waals surface area (Å²) in [7, 11) is 0. The molecule has 4 heteroatoms. The van der Waals surface area contributed by atoms with E-state index in [4.69, 9.17) is 0 Å². The molecule has 0 amide bonds. The number of pyridine rings is 1. The minimum absolute atomic E-state index is 0.353. The number of piperazine rings is 1. The van der Waals surface area contributed by atoms with E-state index < -0.39 is 0 Å². The molecule has 1 saturated heterocycles. The molecule has 3 nitrogen and oxygen atoms in total. The zero-order valence-electron chi connectivity index (χ0n) is 7.26. The van der Waals surface area contributed by atoms with Gasteiger partial charge in [-0.2, -0.15) is 0 Å². The van der Waals surface area contributed by atoms with Crippen LogP contribution in [-0.4, -0.2) is 24.6 Å². The summed E-state index contributed by atoms with van der Waals surface area (Å²) in [5.74, 6) is 0. The molecule has 2 rings (SSSR count). The van der Waals surface area contributed by atoms with E-state index in [2.05, 4.69) is 37.6 Å². The van der Waals surface area contributed by atoms with Gasteiger partial charge in [-0.3, -0.25) is 4.98 Å². The highest BCUT2D eigenvalue weighted by Gasteiger charge is 2.14. The van der Waals surface area contributed by atoms with Crippen molar-refractivity contribution in [1.82, 2.24) is 15.6 Å². The Morgan fingerprint density at radius 1 is 1.46 bits per heavy atom. The number of aromatic nitrogens is 1. The molecule has 1 aromatic rings. The average molecular weight is 242 g/mol. The summed E-state index contributed by atoms with van der Waals surface area (Å²) in [6.07, 6.45) is 1.83. The Morgan fingerprint density at radius 3 is 3.08 bits per heavy atom. The van der Waals surface area contributed by atoms with Crippen molar-refractivity contribution in [2.75, 3.05) is 19.6 Å². The molecule has 0 aromatic carbocycles. The van der Waals surface area contributed by atoms with Gasteiger partial charge in [-0.25, -0.2) is 0 Å². The minimum atomic E-state index is 0.353. The van der Waals surface area contributed by atoms with Crippen molar-refractivity contribution in [3.05, 3.63) is 28.5 Å². The predicted molar refractivity (Wildman–Crippen MR) is 55.6 cm³/mol. The van der Waals surface area contributed by atoms with Crippen molar-refractivity contribution >= 4 is 15.9 Å². The van der Waals surface area contributed by atoms with E-state index in [1.807, 2.05) is 12.3 Å². The van der Waals surface area contributed by atoms with E-state index in [1.165, 1.54) is 0 Å². The quantitative estimate of drug-likeness (QED) is 0.773. The lowest BCUT2D eigenvalue weighted by Gasteiger charge is -2.23. The molecule has 0 bridgehead atoms. The van der Waals surface area contributed by atoms with E-state index >= 15 is 0 Å². The van der Waals surface area contributed by atoms with Gasteiger partial charge in [0.25, 0.3) is 0 Å². The van der Waals surface area contributed by atoms with Crippen LogP contribution in [0.3, 0.4) is 0 Å². The molecule has 1 fully saturated rings. The third-order valence-electron chi connectivity index (χ3n) is 2.14. The van der Waals surface area contributed by atoms with Gasteiger partial charge in [0.2, 0.25) is 0 Å². The summed E-state index contributed by atoms with van der Waals surface area (Å²) < 4.78 is 1.09. The first-order valence-electron chi connectivity index (χ1n) is 4.42. The highest BCUT2D eigenvalue weighted by molar-refractivity contribution is 9.10. The normalized spacial score (nSPS) is 23.0. The zero-order chi connectivity index (χ0) is 9.10. The van der Waals surface area contributed by atoms with Gasteiger partial charge in [-0.15, -0.1) is 0 Å². The van der Waals surface area contributed by atoms with Crippen molar-refractivity contribution in [3.63, 3.8) is 0 Å². The second kappa shape index (κ2) is 4.17. The first-order chi connectivity index (χ1) is 6.36. The molecule has 1 aliphatic heterocycles. The van der Waals surface area contributed by atoms with Crippen LogP contribution in [0, 0.1) is 0 Å². The predicted octanol–water partition coefficient (Wildman–Crippen LogP) is 1.08. The molecule has 0 radical (unpaired) electrons. The van der Waals surface area contributed by atoms with Gasteiger partial charge in [0.1, 0.15) is 0 Å². The largest absolute Gasteiger partial charge is 0.314 e. The molecule has 0 aliphatic carbocycles. The first kappa shape index (κ1) is 9.12. The second-order valence-corrected chi connectivity index (χ2v) is 4.03. The molecule has 0 spiro atoms. The fourth-order valence-electron chi connectivity index (χ4n) is 1.47. The smallest absolute Gasteiger partial charge is 0.0622 e. The summed E-state index contributed by atoms with van der Waals surface area (Å²) in [5.41, 5.74) is 1.10. The number of halogens is 1. The molecular weight excluding hydrogens is 230 g/mol. The standard InChI is InChI=1S/C9H12BrN3/c10-7-1-2-12-8(5-7)9-6-11-3-4-13-9/h1-2,5,9,11,13H,3-4,6H2. The fourth-order valence-corrected chi connectivity index (χ4v) is 1.83. The second-order valence-electron chi connectivity index (χ2n) is 3.11. The van der Waals surface area contributed by atoms with Gasteiger partial charge in [-0.1, -0.05) is 15.9 Å². The molecule has 1 aliphatic rings. The Hall–Kier alpha value is -0.450. The Bertz CT molecular complexity index is 284. The van der Waals surface area contributed by atoms with E-state index in [-0.39, 0.29) is 0 Å². The topological polar surface area (TPSA) is 37.0 Å². The number of nitrogens with one attached hydrogen (secondary N) is 2. The van der Waals surface area contributed by atoms with Gasteiger partial charge in [0.05, 0.1) is 11.7 Å². The summed E-state index contributed by atoms with van der Waals surface area (Å²) >= 11 is 3.44. The molecule has 13 heavy (non-hydrogen) atoms. The Morgan fingerprint density at radius 2 is 2.38 bits per heavy atom. The van der Waals surface area contributed by atoms with Crippen molar-refractivity contribution in [1.29, 1.82) is 0 Å². The van der Waals surface area contributed by atoms with Gasteiger partial charge in [0, 0.05) is 30.3 Å². The Balaban J connectivity index is 2.14. The maximum absolute atomic E-state index is 4.33. The summed E-state index contributed by atoms with van der Waals surface area (Å²) in [4.78, 5) is 4.33. The van der Waals surface area contributed by atoms with E-state index in [0.29, 0.717) is 6.04 Å². The van der Waals surface area contributed by atoms with E-state index in [1.54, 1.807) is 0 Å². The first-order valence-corrected chi connectivity index (χ1v) is 5.21. The summed E-state index contributed by atoms with van der Waals surface area (Å²) in [6, 6.07) is 4.36. The average Bonchev–Trinajstić information content (AvgIpc) is 2.19. The Kier molecular flexibility index (Phi) is 2.93. The maximum atomic E-state index is 4.33. The van der Waals surface area contributed by atoms with Crippen LogP contribution in [0.25, 0.3) is 0 Å². The molecule has 2 N–H and O–H groups in total. The van der Waals surface area contributed by atoms with Crippen LogP contribution in [0.1, 0.15) is 11.7 Å². The molecule has 1 atom stereocenters. The molecule has 70 valence electrons. The van der Waals surface area contributed by atoms with Crippen LogP contribution in [0.15, 0.2) is 22.8 Å². The fraction of sp³-hybridized carbons (Fsp3) is 0.444. The maximum Gasteiger partial charge on any atom is 0.0622 e. The molecule has 1 unspecified atom stereocenters. The monoisotopic (exact) mass is 241 g/mol. The SMILES string of the molecule is Brc1ccnc(C2CNCCN2)c1.